The zero-order chi connectivity index (χ0) is 17.2. The molecule has 1 heterocycles. The number of aromatic nitrogens is 3. The molecule has 0 atom stereocenters. The molecule has 0 spiro atoms. The molecule has 1 aliphatic rings. The molecule has 0 aliphatic heterocycles. The number of hydrogen-bond acceptors (Lipinski definition) is 4. The van der Waals surface area contributed by atoms with E-state index in [-0.39, 0.29) is 0 Å². The van der Waals surface area contributed by atoms with E-state index in [0.29, 0.717) is 5.92 Å². The Labute approximate surface area is 152 Å². The van der Waals surface area contributed by atoms with E-state index in [4.69, 9.17) is 4.74 Å². The van der Waals surface area contributed by atoms with Crippen molar-refractivity contribution >= 4 is 11.8 Å². The van der Waals surface area contributed by atoms with Crippen molar-refractivity contribution in [1.82, 2.24) is 14.8 Å². The number of thioether (sulfide) groups is 1. The molecular weight excluding hydrogens is 330 g/mol. The monoisotopic (exact) mass is 351 g/mol. The van der Waals surface area contributed by atoms with Crippen molar-refractivity contribution in [3.8, 4) is 11.4 Å². The first-order chi connectivity index (χ1) is 12.3. The molecule has 1 saturated carbocycles. The quantitative estimate of drug-likeness (QED) is 0.601. The van der Waals surface area contributed by atoms with Gasteiger partial charge in [0.2, 0.25) is 0 Å². The number of benzene rings is 2. The summed E-state index contributed by atoms with van der Waals surface area (Å²) < 4.78 is 7.71. The van der Waals surface area contributed by atoms with Crippen LogP contribution in [-0.2, 0) is 5.75 Å². The van der Waals surface area contributed by atoms with Gasteiger partial charge in [-0.15, -0.1) is 10.2 Å². The van der Waals surface area contributed by atoms with Crippen molar-refractivity contribution in [3.63, 3.8) is 0 Å². The van der Waals surface area contributed by atoms with Gasteiger partial charge in [0.05, 0.1) is 7.11 Å². The van der Waals surface area contributed by atoms with Gasteiger partial charge in [-0.2, -0.15) is 0 Å². The van der Waals surface area contributed by atoms with Crippen LogP contribution in [0.3, 0.4) is 0 Å². The van der Waals surface area contributed by atoms with Crippen molar-refractivity contribution in [2.75, 3.05) is 7.11 Å². The van der Waals surface area contributed by atoms with Crippen molar-refractivity contribution in [2.24, 2.45) is 0 Å². The van der Waals surface area contributed by atoms with Crippen molar-refractivity contribution in [2.45, 2.75) is 36.6 Å². The molecule has 0 unspecified atom stereocenters. The molecule has 128 valence electrons. The summed E-state index contributed by atoms with van der Waals surface area (Å²) >= 11 is 1.71. The Morgan fingerprint density at radius 3 is 2.64 bits per heavy atom. The number of para-hydroxylation sites is 1. The van der Waals surface area contributed by atoms with Gasteiger partial charge < -0.3 is 4.74 Å². The predicted octanol–water partition coefficient (Wildman–Crippen LogP) is 4.75. The first kappa shape index (κ1) is 16.2. The SMILES string of the molecule is COc1ccc(C)cc1CSc1nnc(C2CC2)n1-c1ccccc1. The summed E-state index contributed by atoms with van der Waals surface area (Å²) in [6.45, 7) is 2.10. The Kier molecular flexibility index (Phi) is 4.49. The molecule has 1 fully saturated rings. The molecule has 25 heavy (non-hydrogen) atoms. The fraction of sp³-hybridized carbons (Fsp3) is 0.300. The maximum absolute atomic E-state index is 5.50. The largest absolute Gasteiger partial charge is 0.496 e. The summed E-state index contributed by atoms with van der Waals surface area (Å²) in [7, 11) is 1.72. The molecule has 3 aromatic rings. The zero-order valence-electron chi connectivity index (χ0n) is 14.5. The van der Waals surface area contributed by atoms with Gasteiger partial charge >= 0.3 is 0 Å². The summed E-state index contributed by atoms with van der Waals surface area (Å²) in [6.07, 6.45) is 2.42. The van der Waals surface area contributed by atoms with Gasteiger partial charge in [0.15, 0.2) is 5.16 Å². The highest BCUT2D eigenvalue weighted by molar-refractivity contribution is 7.98. The van der Waals surface area contributed by atoms with Crippen molar-refractivity contribution in [3.05, 3.63) is 65.5 Å². The van der Waals surface area contributed by atoms with Crippen LogP contribution in [0.5, 0.6) is 5.75 Å². The molecule has 0 saturated heterocycles. The average Bonchev–Trinajstić information content (AvgIpc) is 3.40. The minimum absolute atomic E-state index is 0.551. The third-order valence-electron chi connectivity index (χ3n) is 4.41. The minimum atomic E-state index is 0.551. The number of rotatable bonds is 6. The predicted molar refractivity (Wildman–Crippen MR) is 101 cm³/mol. The lowest BCUT2D eigenvalue weighted by Crippen LogP contribution is -2.01. The maximum atomic E-state index is 5.50. The molecule has 1 aliphatic carbocycles. The lowest BCUT2D eigenvalue weighted by atomic mass is 10.1. The lowest BCUT2D eigenvalue weighted by molar-refractivity contribution is 0.411. The van der Waals surface area contributed by atoms with Gasteiger partial charge in [-0.1, -0.05) is 47.7 Å². The second-order valence-electron chi connectivity index (χ2n) is 6.39. The Bertz CT molecular complexity index is 872. The lowest BCUT2D eigenvalue weighted by Gasteiger charge is -2.11. The van der Waals surface area contributed by atoms with E-state index in [0.717, 1.165) is 28.2 Å². The number of ether oxygens (including phenoxy) is 1. The molecule has 0 radical (unpaired) electrons. The van der Waals surface area contributed by atoms with Crippen LogP contribution < -0.4 is 4.74 Å². The van der Waals surface area contributed by atoms with Crippen LogP contribution in [-0.4, -0.2) is 21.9 Å². The molecule has 4 nitrogen and oxygen atoms in total. The fourth-order valence-corrected chi connectivity index (χ4v) is 3.90. The molecule has 4 rings (SSSR count). The summed E-state index contributed by atoms with van der Waals surface area (Å²) in [5.41, 5.74) is 3.55. The number of aryl methyl sites for hydroxylation is 1. The summed E-state index contributed by atoms with van der Waals surface area (Å²) in [4.78, 5) is 0. The van der Waals surface area contributed by atoms with E-state index >= 15 is 0 Å². The first-order valence-electron chi connectivity index (χ1n) is 8.53. The van der Waals surface area contributed by atoms with Gasteiger partial charge in [-0.3, -0.25) is 4.57 Å². The second kappa shape index (κ2) is 6.92. The molecule has 1 aromatic heterocycles. The standard InChI is InChI=1S/C20H21N3OS/c1-14-8-11-18(24-2)16(12-14)13-25-20-22-21-19(15-9-10-15)23(20)17-6-4-3-5-7-17/h3-8,11-12,15H,9-10,13H2,1-2H3. The first-order valence-corrected chi connectivity index (χ1v) is 9.52. The van der Waals surface area contributed by atoms with Gasteiger partial charge in [-0.05, 0) is 38.0 Å². The maximum Gasteiger partial charge on any atom is 0.196 e. The van der Waals surface area contributed by atoms with E-state index in [9.17, 15) is 0 Å². The molecule has 2 aromatic carbocycles. The molecule has 0 N–H and O–H groups in total. The number of methoxy groups -OCH3 is 1. The fourth-order valence-electron chi connectivity index (χ4n) is 2.96. The van der Waals surface area contributed by atoms with E-state index in [1.807, 2.05) is 12.1 Å². The average molecular weight is 351 g/mol. The van der Waals surface area contributed by atoms with Crippen LogP contribution in [0, 0.1) is 6.92 Å². The summed E-state index contributed by atoms with van der Waals surface area (Å²) in [5.74, 6) is 3.37. The van der Waals surface area contributed by atoms with Crippen LogP contribution in [0.15, 0.2) is 53.7 Å². The Balaban J connectivity index is 1.64. The van der Waals surface area contributed by atoms with Crippen molar-refractivity contribution in [1.29, 1.82) is 0 Å². The van der Waals surface area contributed by atoms with E-state index in [1.165, 1.54) is 24.0 Å². The summed E-state index contributed by atoms with van der Waals surface area (Å²) in [6, 6.07) is 16.7. The normalized spacial score (nSPS) is 13.8. The number of hydrogen-bond donors (Lipinski definition) is 0. The molecule has 5 heteroatoms. The highest BCUT2D eigenvalue weighted by Gasteiger charge is 2.31. The highest BCUT2D eigenvalue weighted by atomic mass is 32.2. The van der Waals surface area contributed by atoms with E-state index < -0.39 is 0 Å². The number of nitrogens with zero attached hydrogens (tertiary/aromatic N) is 3. The van der Waals surface area contributed by atoms with Crippen LogP contribution in [0.25, 0.3) is 5.69 Å². The third-order valence-corrected chi connectivity index (χ3v) is 5.39. The highest BCUT2D eigenvalue weighted by Crippen LogP contribution is 2.41. The molecule has 0 amide bonds. The smallest absolute Gasteiger partial charge is 0.196 e. The van der Waals surface area contributed by atoms with Crippen LogP contribution in [0.2, 0.25) is 0 Å². The van der Waals surface area contributed by atoms with Gasteiger partial charge in [0, 0.05) is 22.9 Å². The molecule has 0 bridgehead atoms. The van der Waals surface area contributed by atoms with Crippen LogP contribution in [0.1, 0.15) is 35.7 Å². The van der Waals surface area contributed by atoms with Crippen LogP contribution in [0.4, 0.5) is 0 Å². The zero-order valence-corrected chi connectivity index (χ0v) is 15.3. The van der Waals surface area contributed by atoms with E-state index in [1.54, 1.807) is 18.9 Å². The third kappa shape index (κ3) is 3.42. The van der Waals surface area contributed by atoms with Gasteiger partial charge in [0.1, 0.15) is 11.6 Å². The Hall–Kier alpha value is -2.27. The van der Waals surface area contributed by atoms with Crippen LogP contribution >= 0.6 is 11.8 Å². The van der Waals surface area contributed by atoms with Crippen molar-refractivity contribution < 1.29 is 4.74 Å². The Morgan fingerprint density at radius 1 is 1.12 bits per heavy atom. The van der Waals surface area contributed by atoms with Gasteiger partial charge in [0.25, 0.3) is 0 Å². The second-order valence-corrected chi connectivity index (χ2v) is 7.33. The summed E-state index contributed by atoms with van der Waals surface area (Å²) in [5, 5.41) is 9.91. The topological polar surface area (TPSA) is 39.9 Å². The Morgan fingerprint density at radius 2 is 1.92 bits per heavy atom. The van der Waals surface area contributed by atoms with Gasteiger partial charge in [-0.25, -0.2) is 0 Å². The van der Waals surface area contributed by atoms with E-state index in [2.05, 4.69) is 58.1 Å². The minimum Gasteiger partial charge on any atom is -0.496 e. The molecular formula is C20H21N3OS.